The monoisotopic (exact) mass is 295 g/mol. The highest BCUT2D eigenvalue weighted by molar-refractivity contribution is 6.30. The molecule has 1 heterocycles. The van der Waals surface area contributed by atoms with Crippen molar-refractivity contribution in [3.8, 4) is 5.88 Å². The maximum atomic E-state index is 11.0. The zero-order chi connectivity index (χ0) is 14.5. The molecule has 0 aliphatic carbocycles. The van der Waals surface area contributed by atoms with Crippen molar-refractivity contribution in [2.45, 2.75) is 6.61 Å². The largest absolute Gasteiger partial charge is 0.468 e. The van der Waals surface area contributed by atoms with Crippen LogP contribution in [0.2, 0.25) is 5.02 Å². The van der Waals surface area contributed by atoms with Crippen LogP contribution in [0, 0.1) is 10.1 Å². The topological polar surface area (TPSA) is 116 Å². The summed E-state index contributed by atoms with van der Waals surface area (Å²) in [5.41, 5.74) is 2.47. The molecule has 9 heteroatoms. The molecular weight excluding hydrogens is 286 g/mol. The standard InChI is InChI=1S/C11H10ClN5O3/c12-8-3-1-2-7(4-8)5-20-11-9(17(18)19)10(16-13)14-6-15-11/h1-4,6H,5,13H2,(H,14,15,16). The second-order valence-electron chi connectivity index (χ2n) is 3.70. The van der Waals surface area contributed by atoms with E-state index in [0.29, 0.717) is 5.02 Å². The van der Waals surface area contributed by atoms with Crippen LogP contribution in [0.1, 0.15) is 5.56 Å². The third-order valence-electron chi connectivity index (χ3n) is 2.37. The van der Waals surface area contributed by atoms with Crippen LogP contribution in [0.5, 0.6) is 5.88 Å². The van der Waals surface area contributed by atoms with Crippen LogP contribution in [-0.2, 0) is 6.61 Å². The van der Waals surface area contributed by atoms with Crippen LogP contribution in [0.4, 0.5) is 11.5 Å². The molecule has 20 heavy (non-hydrogen) atoms. The molecule has 0 saturated heterocycles. The number of ether oxygens (including phenoxy) is 1. The van der Waals surface area contributed by atoms with Gasteiger partial charge in [-0.05, 0) is 17.7 Å². The number of halogens is 1. The Kier molecular flexibility index (Phi) is 4.28. The normalized spacial score (nSPS) is 10.1. The average Bonchev–Trinajstić information content (AvgIpc) is 2.44. The van der Waals surface area contributed by atoms with Gasteiger partial charge in [0.2, 0.25) is 5.82 Å². The molecule has 0 radical (unpaired) electrons. The first-order valence-electron chi connectivity index (χ1n) is 5.45. The average molecular weight is 296 g/mol. The van der Waals surface area contributed by atoms with Gasteiger partial charge in [-0.25, -0.2) is 10.8 Å². The molecule has 0 unspecified atom stereocenters. The number of aromatic nitrogens is 2. The Morgan fingerprint density at radius 1 is 1.45 bits per heavy atom. The van der Waals surface area contributed by atoms with E-state index in [-0.39, 0.29) is 18.3 Å². The highest BCUT2D eigenvalue weighted by Crippen LogP contribution is 2.30. The summed E-state index contributed by atoms with van der Waals surface area (Å²) in [5.74, 6) is 4.88. The molecule has 0 spiro atoms. The molecule has 2 aromatic rings. The molecular formula is C11H10ClN5O3. The van der Waals surface area contributed by atoms with Gasteiger partial charge < -0.3 is 10.2 Å². The number of hydrogen-bond acceptors (Lipinski definition) is 7. The molecule has 8 nitrogen and oxygen atoms in total. The minimum absolute atomic E-state index is 0.0857. The second-order valence-corrected chi connectivity index (χ2v) is 4.13. The fourth-order valence-electron chi connectivity index (χ4n) is 1.52. The zero-order valence-electron chi connectivity index (χ0n) is 10.1. The van der Waals surface area contributed by atoms with Gasteiger partial charge in [0.1, 0.15) is 12.9 Å². The number of nitrogens with one attached hydrogen (secondary N) is 1. The Labute approximate surface area is 118 Å². The van der Waals surface area contributed by atoms with E-state index in [1.54, 1.807) is 24.3 Å². The van der Waals surface area contributed by atoms with Crippen molar-refractivity contribution >= 4 is 23.1 Å². The molecule has 0 aliphatic heterocycles. The van der Waals surface area contributed by atoms with E-state index < -0.39 is 10.6 Å². The van der Waals surface area contributed by atoms with Crippen molar-refractivity contribution in [2.75, 3.05) is 5.43 Å². The number of rotatable bonds is 5. The van der Waals surface area contributed by atoms with Gasteiger partial charge in [0, 0.05) is 5.02 Å². The van der Waals surface area contributed by atoms with Crippen LogP contribution in [0.3, 0.4) is 0 Å². The summed E-state index contributed by atoms with van der Waals surface area (Å²) in [5, 5.41) is 11.5. The number of hydrazine groups is 1. The van der Waals surface area contributed by atoms with E-state index >= 15 is 0 Å². The molecule has 3 N–H and O–H groups in total. The minimum Gasteiger partial charge on any atom is -0.468 e. The summed E-state index contributed by atoms with van der Waals surface area (Å²) in [4.78, 5) is 17.7. The maximum absolute atomic E-state index is 11.0. The number of nitrogens with zero attached hydrogens (tertiary/aromatic N) is 3. The lowest BCUT2D eigenvalue weighted by Crippen LogP contribution is -2.12. The Hall–Kier alpha value is -2.45. The van der Waals surface area contributed by atoms with E-state index in [2.05, 4.69) is 15.4 Å². The molecule has 0 atom stereocenters. The lowest BCUT2D eigenvalue weighted by molar-refractivity contribution is -0.385. The summed E-state index contributed by atoms with van der Waals surface area (Å²) in [6.45, 7) is 0.0857. The fourth-order valence-corrected chi connectivity index (χ4v) is 1.73. The summed E-state index contributed by atoms with van der Waals surface area (Å²) in [7, 11) is 0. The van der Waals surface area contributed by atoms with Crippen molar-refractivity contribution in [1.82, 2.24) is 9.97 Å². The Bertz CT molecular complexity index is 637. The van der Waals surface area contributed by atoms with Gasteiger partial charge >= 0.3 is 5.69 Å². The van der Waals surface area contributed by atoms with Crippen LogP contribution in [-0.4, -0.2) is 14.9 Å². The molecule has 0 saturated carbocycles. The van der Waals surface area contributed by atoms with Crippen LogP contribution in [0.25, 0.3) is 0 Å². The molecule has 0 fully saturated rings. The van der Waals surface area contributed by atoms with Crippen LogP contribution in [0.15, 0.2) is 30.6 Å². The van der Waals surface area contributed by atoms with Crippen LogP contribution < -0.4 is 16.0 Å². The Morgan fingerprint density at radius 3 is 2.90 bits per heavy atom. The lowest BCUT2D eigenvalue weighted by atomic mass is 10.2. The minimum atomic E-state index is -0.664. The fraction of sp³-hybridized carbons (Fsp3) is 0.0909. The molecule has 1 aromatic heterocycles. The third kappa shape index (κ3) is 3.11. The van der Waals surface area contributed by atoms with E-state index in [4.69, 9.17) is 22.2 Å². The lowest BCUT2D eigenvalue weighted by Gasteiger charge is -2.07. The van der Waals surface area contributed by atoms with Crippen molar-refractivity contribution in [3.05, 3.63) is 51.3 Å². The van der Waals surface area contributed by atoms with Crippen LogP contribution >= 0.6 is 11.6 Å². The van der Waals surface area contributed by atoms with E-state index in [1.807, 2.05) is 0 Å². The zero-order valence-corrected chi connectivity index (χ0v) is 10.9. The van der Waals surface area contributed by atoms with Crippen molar-refractivity contribution in [2.24, 2.45) is 5.84 Å². The highest BCUT2D eigenvalue weighted by atomic mass is 35.5. The highest BCUT2D eigenvalue weighted by Gasteiger charge is 2.23. The molecule has 0 bridgehead atoms. The molecule has 0 amide bonds. The molecule has 104 valence electrons. The first kappa shape index (κ1) is 14.0. The first-order valence-corrected chi connectivity index (χ1v) is 5.83. The number of anilines is 1. The summed E-state index contributed by atoms with van der Waals surface area (Å²) in [6.07, 6.45) is 1.12. The van der Waals surface area contributed by atoms with E-state index in [9.17, 15) is 10.1 Å². The SMILES string of the molecule is NNc1ncnc(OCc2cccc(Cl)c2)c1[N+](=O)[O-]. The first-order chi connectivity index (χ1) is 9.61. The second kappa shape index (κ2) is 6.13. The molecule has 1 aromatic carbocycles. The Morgan fingerprint density at radius 2 is 2.25 bits per heavy atom. The van der Waals surface area contributed by atoms with Gasteiger partial charge in [-0.15, -0.1) is 0 Å². The Balaban J connectivity index is 2.23. The van der Waals surface area contributed by atoms with Crippen molar-refractivity contribution in [3.63, 3.8) is 0 Å². The summed E-state index contributed by atoms with van der Waals surface area (Å²) < 4.78 is 5.34. The summed E-state index contributed by atoms with van der Waals surface area (Å²) in [6, 6.07) is 6.94. The quantitative estimate of drug-likeness (QED) is 0.491. The molecule has 0 aliphatic rings. The predicted molar refractivity (Wildman–Crippen MR) is 72.3 cm³/mol. The number of nitro groups is 1. The smallest absolute Gasteiger partial charge is 0.374 e. The van der Waals surface area contributed by atoms with Gasteiger partial charge in [-0.3, -0.25) is 10.1 Å². The number of benzene rings is 1. The van der Waals surface area contributed by atoms with E-state index in [1.165, 1.54) is 0 Å². The summed E-state index contributed by atoms with van der Waals surface area (Å²) >= 11 is 5.84. The van der Waals surface area contributed by atoms with Crippen molar-refractivity contribution in [1.29, 1.82) is 0 Å². The maximum Gasteiger partial charge on any atom is 0.374 e. The number of nitrogens with two attached hydrogens (primary N) is 1. The van der Waals surface area contributed by atoms with Gasteiger partial charge in [0.15, 0.2) is 0 Å². The molecule has 2 rings (SSSR count). The van der Waals surface area contributed by atoms with Gasteiger partial charge in [-0.1, -0.05) is 23.7 Å². The van der Waals surface area contributed by atoms with Gasteiger partial charge in [0.25, 0.3) is 5.88 Å². The van der Waals surface area contributed by atoms with Gasteiger partial charge in [0.05, 0.1) is 4.92 Å². The van der Waals surface area contributed by atoms with E-state index in [0.717, 1.165) is 11.9 Å². The number of nitrogen functional groups attached to an aromatic ring is 1. The predicted octanol–water partition coefficient (Wildman–Crippen LogP) is 1.90. The third-order valence-corrected chi connectivity index (χ3v) is 2.61. The van der Waals surface area contributed by atoms with Gasteiger partial charge in [-0.2, -0.15) is 4.98 Å². The van der Waals surface area contributed by atoms with Crippen molar-refractivity contribution < 1.29 is 9.66 Å². The number of hydrogen-bond donors (Lipinski definition) is 2.